The van der Waals surface area contributed by atoms with Crippen LogP contribution in [0.3, 0.4) is 0 Å². The SMILES string of the molecule is O=C(NC1CCOCC1)C1CN(Cc2ccc(-n3cccn3)cc2)c2ccccc2O1. The van der Waals surface area contributed by atoms with Gasteiger partial charge in [-0.05, 0) is 48.7 Å². The summed E-state index contributed by atoms with van der Waals surface area (Å²) in [6, 6.07) is 18.3. The molecule has 3 heterocycles. The van der Waals surface area contributed by atoms with Crippen LogP contribution in [0.15, 0.2) is 67.0 Å². The lowest BCUT2D eigenvalue weighted by Gasteiger charge is -2.36. The van der Waals surface area contributed by atoms with E-state index in [0.717, 1.165) is 35.5 Å². The van der Waals surface area contributed by atoms with E-state index in [1.54, 1.807) is 6.20 Å². The van der Waals surface area contributed by atoms with Gasteiger partial charge < -0.3 is 19.7 Å². The number of benzene rings is 2. The molecule has 2 aromatic carbocycles. The molecule has 1 fully saturated rings. The van der Waals surface area contributed by atoms with Gasteiger partial charge >= 0.3 is 0 Å². The van der Waals surface area contributed by atoms with Crippen molar-refractivity contribution in [1.82, 2.24) is 15.1 Å². The van der Waals surface area contributed by atoms with Gasteiger partial charge in [0.25, 0.3) is 5.91 Å². The van der Waals surface area contributed by atoms with Crippen molar-refractivity contribution in [3.05, 3.63) is 72.6 Å². The predicted molar refractivity (Wildman–Crippen MR) is 117 cm³/mol. The van der Waals surface area contributed by atoms with E-state index in [-0.39, 0.29) is 11.9 Å². The minimum atomic E-state index is -0.541. The molecule has 2 aliphatic heterocycles. The highest BCUT2D eigenvalue weighted by Gasteiger charge is 2.32. The van der Waals surface area contributed by atoms with E-state index >= 15 is 0 Å². The van der Waals surface area contributed by atoms with Gasteiger partial charge in [-0.25, -0.2) is 4.68 Å². The summed E-state index contributed by atoms with van der Waals surface area (Å²) >= 11 is 0. The van der Waals surface area contributed by atoms with Gasteiger partial charge in [-0.3, -0.25) is 4.79 Å². The Labute approximate surface area is 181 Å². The first kappa shape index (κ1) is 19.6. The normalized spacial score (nSPS) is 18.8. The maximum absolute atomic E-state index is 12.9. The van der Waals surface area contributed by atoms with Crippen LogP contribution in [0.5, 0.6) is 5.75 Å². The molecule has 1 N–H and O–H groups in total. The highest BCUT2D eigenvalue weighted by atomic mass is 16.5. The molecule has 1 saturated heterocycles. The second-order valence-electron chi connectivity index (χ2n) is 7.97. The Morgan fingerprint density at radius 3 is 2.65 bits per heavy atom. The molecule has 7 nitrogen and oxygen atoms in total. The van der Waals surface area contributed by atoms with Crippen molar-refractivity contribution in [3.63, 3.8) is 0 Å². The minimum absolute atomic E-state index is 0.0552. The van der Waals surface area contributed by atoms with Crippen LogP contribution in [-0.2, 0) is 16.1 Å². The molecule has 31 heavy (non-hydrogen) atoms. The Morgan fingerprint density at radius 1 is 1.06 bits per heavy atom. The molecule has 160 valence electrons. The topological polar surface area (TPSA) is 68.6 Å². The number of hydrogen-bond donors (Lipinski definition) is 1. The third-order valence-corrected chi connectivity index (χ3v) is 5.80. The molecule has 0 radical (unpaired) electrons. The number of fused-ring (bicyclic) bond motifs is 1. The summed E-state index contributed by atoms with van der Waals surface area (Å²) in [6.07, 6.45) is 4.85. The number of nitrogens with zero attached hydrogens (tertiary/aromatic N) is 3. The number of amides is 1. The van der Waals surface area contributed by atoms with Crippen molar-refractivity contribution < 1.29 is 14.3 Å². The van der Waals surface area contributed by atoms with Crippen molar-refractivity contribution >= 4 is 11.6 Å². The number of carbonyl (C=O) groups excluding carboxylic acids is 1. The Morgan fingerprint density at radius 2 is 1.87 bits per heavy atom. The second kappa shape index (κ2) is 8.81. The van der Waals surface area contributed by atoms with Crippen molar-refractivity contribution in [1.29, 1.82) is 0 Å². The summed E-state index contributed by atoms with van der Waals surface area (Å²) in [4.78, 5) is 15.2. The molecule has 1 atom stereocenters. The molecule has 1 unspecified atom stereocenters. The van der Waals surface area contributed by atoms with E-state index in [9.17, 15) is 4.79 Å². The van der Waals surface area contributed by atoms with Gasteiger partial charge in [0.15, 0.2) is 6.10 Å². The first-order valence-electron chi connectivity index (χ1n) is 10.7. The maximum atomic E-state index is 12.9. The monoisotopic (exact) mass is 418 g/mol. The van der Waals surface area contributed by atoms with Crippen LogP contribution in [-0.4, -0.2) is 47.6 Å². The lowest BCUT2D eigenvalue weighted by Crippen LogP contribution is -2.51. The first-order valence-corrected chi connectivity index (χ1v) is 10.7. The third kappa shape index (κ3) is 4.41. The van der Waals surface area contributed by atoms with Crippen LogP contribution in [0, 0.1) is 0 Å². The van der Waals surface area contributed by atoms with Gasteiger partial charge in [0.05, 0.1) is 17.9 Å². The van der Waals surface area contributed by atoms with Crippen LogP contribution in [0.2, 0.25) is 0 Å². The molecule has 0 bridgehead atoms. The van der Waals surface area contributed by atoms with Crippen LogP contribution >= 0.6 is 0 Å². The van der Waals surface area contributed by atoms with Crippen molar-refractivity contribution in [3.8, 4) is 11.4 Å². The number of anilines is 1. The summed E-state index contributed by atoms with van der Waals surface area (Å²) in [7, 11) is 0. The summed E-state index contributed by atoms with van der Waals surface area (Å²) in [5, 5.41) is 7.42. The average Bonchev–Trinajstić information content (AvgIpc) is 3.35. The zero-order chi connectivity index (χ0) is 21.0. The number of ether oxygens (including phenoxy) is 2. The lowest BCUT2D eigenvalue weighted by molar-refractivity contribution is -0.129. The zero-order valence-electron chi connectivity index (χ0n) is 17.3. The van der Waals surface area contributed by atoms with Gasteiger partial charge in [0, 0.05) is 38.2 Å². The summed E-state index contributed by atoms with van der Waals surface area (Å²) < 4.78 is 13.3. The third-order valence-electron chi connectivity index (χ3n) is 5.80. The Hall–Kier alpha value is -3.32. The largest absolute Gasteiger partial charge is 0.477 e. The smallest absolute Gasteiger partial charge is 0.263 e. The zero-order valence-corrected chi connectivity index (χ0v) is 17.3. The molecule has 0 saturated carbocycles. The van der Waals surface area contributed by atoms with E-state index in [4.69, 9.17) is 9.47 Å². The maximum Gasteiger partial charge on any atom is 0.263 e. The molecular weight excluding hydrogens is 392 g/mol. The summed E-state index contributed by atoms with van der Waals surface area (Å²) in [5.41, 5.74) is 3.19. The van der Waals surface area contributed by atoms with Gasteiger partial charge in [0.1, 0.15) is 5.75 Å². The Balaban J connectivity index is 1.31. The second-order valence-corrected chi connectivity index (χ2v) is 7.97. The van der Waals surface area contributed by atoms with E-state index in [1.807, 2.05) is 41.2 Å². The number of hydrogen-bond acceptors (Lipinski definition) is 5. The Bertz CT molecular complexity index is 1010. The van der Waals surface area contributed by atoms with Crippen LogP contribution in [0.25, 0.3) is 5.69 Å². The van der Waals surface area contributed by atoms with Gasteiger partial charge in [-0.1, -0.05) is 24.3 Å². The number of para-hydroxylation sites is 2. The fourth-order valence-electron chi connectivity index (χ4n) is 4.13. The summed E-state index contributed by atoms with van der Waals surface area (Å²) in [5.74, 6) is 0.689. The molecule has 0 spiro atoms. The van der Waals surface area contributed by atoms with Crippen LogP contribution in [0.1, 0.15) is 18.4 Å². The minimum Gasteiger partial charge on any atom is -0.477 e. The molecule has 7 heteroatoms. The first-order chi connectivity index (χ1) is 15.3. The lowest BCUT2D eigenvalue weighted by atomic mass is 10.1. The molecule has 1 aromatic heterocycles. The number of aromatic nitrogens is 2. The molecule has 5 rings (SSSR count). The highest BCUT2D eigenvalue weighted by molar-refractivity contribution is 5.83. The van der Waals surface area contributed by atoms with Gasteiger partial charge in [-0.2, -0.15) is 5.10 Å². The van der Waals surface area contributed by atoms with Crippen molar-refractivity contribution in [2.24, 2.45) is 0 Å². The van der Waals surface area contributed by atoms with Crippen LogP contribution < -0.4 is 15.0 Å². The van der Waals surface area contributed by atoms with E-state index in [2.05, 4.69) is 39.6 Å². The molecule has 3 aromatic rings. The number of rotatable bonds is 5. The van der Waals surface area contributed by atoms with Crippen molar-refractivity contribution in [2.45, 2.75) is 31.5 Å². The highest BCUT2D eigenvalue weighted by Crippen LogP contribution is 2.34. The Kier molecular flexibility index (Phi) is 5.58. The number of nitrogens with one attached hydrogen (secondary N) is 1. The summed E-state index contributed by atoms with van der Waals surface area (Å²) in [6.45, 7) is 2.59. The molecule has 0 aliphatic carbocycles. The van der Waals surface area contributed by atoms with Gasteiger partial charge in [0.2, 0.25) is 0 Å². The molecule has 2 aliphatic rings. The van der Waals surface area contributed by atoms with E-state index in [1.165, 1.54) is 0 Å². The fraction of sp³-hybridized carbons (Fsp3) is 0.333. The standard InChI is InChI=1S/C24H26N4O3/c29-24(26-19-10-14-30-15-11-19)23-17-27(21-4-1-2-5-22(21)31-23)16-18-6-8-20(9-7-18)28-13-3-12-25-28/h1-9,12-13,19,23H,10-11,14-17H2,(H,26,29). The van der Waals surface area contributed by atoms with Crippen LogP contribution in [0.4, 0.5) is 5.69 Å². The molecule has 1 amide bonds. The predicted octanol–water partition coefficient (Wildman–Crippen LogP) is 2.94. The van der Waals surface area contributed by atoms with E-state index < -0.39 is 6.10 Å². The number of carbonyl (C=O) groups is 1. The van der Waals surface area contributed by atoms with Crippen molar-refractivity contribution in [2.75, 3.05) is 24.7 Å². The quantitative estimate of drug-likeness (QED) is 0.690. The van der Waals surface area contributed by atoms with Gasteiger partial charge in [-0.15, -0.1) is 0 Å². The van der Waals surface area contributed by atoms with E-state index in [0.29, 0.717) is 26.3 Å². The fourth-order valence-corrected chi connectivity index (χ4v) is 4.13. The molecular formula is C24H26N4O3. The average molecular weight is 418 g/mol.